The predicted octanol–water partition coefficient (Wildman–Crippen LogP) is 3.48. The second kappa shape index (κ2) is 5.75. The SMILES string of the molecule is CCCCc1ccnc2c1N(C)c1c(C=O)ccnc1N2C. The maximum absolute atomic E-state index is 11.4. The van der Waals surface area contributed by atoms with Gasteiger partial charge in [0.05, 0.1) is 11.4 Å². The average molecular weight is 296 g/mol. The van der Waals surface area contributed by atoms with Gasteiger partial charge >= 0.3 is 0 Å². The van der Waals surface area contributed by atoms with E-state index in [0.717, 1.165) is 48.6 Å². The average Bonchev–Trinajstić information content (AvgIpc) is 2.56. The van der Waals surface area contributed by atoms with Crippen molar-refractivity contribution in [2.24, 2.45) is 0 Å². The van der Waals surface area contributed by atoms with Crippen molar-refractivity contribution in [3.63, 3.8) is 0 Å². The summed E-state index contributed by atoms with van der Waals surface area (Å²) in [4.78, 5) is 24.4. The number of nitrogens with zero attached hydrogens (tertiary/aromatic N) is 4. The molecule has 114 valence electrons. The van der Waals surface area contributed by atoms with Gasteiger partial charge in [-0.15, -0.1) is 0 Å². The zero-order valence-corrected chi connectivity index (χ0v) is 13.2. The van der Waals surface area contributed by atoms with Crippen LogP contribution in [0.2, 0.25) is 0 Å². The molecule has 3 heterocycles. The van der Waals surface area contributed by atoms with Crippen LogP contribution in [0.3, 0.4) is 0 Å². The summed E-state index contributed by atoms with van der Waals surface area (Å²) in [6.45, 7) is 2.19. The summed E-state index contributed by atoms with van der Waals surface area (Å²) in [5, 5.41) is 0. The smallest absolute Gasteiger partial charge is 0.158 e. The Kier molecular flexibility index (Phi) is 3.79. The molecule has 0 saturated carbocycles. The highest BCUT2D eigenvalue weighted by Gasteiger charge is 2.30. The third kappa shape index (κ3) is 2.13. The molecule has 0 aliphatic carbocycles. The first-order valence-electron chi connectivity index (χ1n) is 7.58. The molecule has 0 spiro atoms. The van der Waals surface area contributed by atoms with Crippen molar-refractivity contribution in [2.75, 3.05) is 23.9 Å². The van der Waals surface area contributed by atoms with Crippen LogP contribution in [0, 0.1) is 0 Å². The summed E-state index contributed by atoms with van der Waals surface area (Å²) in [6.07, 6.45) is 7.69. The third-order valence-corrected chi connectivity index (χ3v) is 4.16. The van der Waals surface area contributed by atoms with E-state index < -0.39 is 0 Å². The molecule has 0 bridgehead atoms. The lowest BCUT2D eigenvalue weighted by Crippen LogP contribution is -2.28. The number of aromatic nitrogens is 2. The minimum atomic E-state index is 0.648. The van der Waals surface area contributed by atoms with Crippen LogP contribution in [0.4, 0.5) is 23.0 Å². The first kappa shape index (κ1) is 14.5. The fourth-order valence-electron chi connectivity index (χ4n) is 3.02. The van der Waals surface area contributed by atoms with Gasteiger partial charge in [-0.3, -0.25) is 4.79 Å². The first-order valence-corrected chi connectivity index (χ1v) is 7.58. The second-order valence-corrected chi connectivity index (χ2v) is 5.55. The van der Waals surface area contributed by atoms with Crippen LogP contribution >= 0.6 is 0 Å². The molecule has 1 aliphatic rings. The van der Waals surface area contributed by atoms with E-state index in [-0.39, 0.29) is 0 Å². The molecule has 22 heavy (non-hydrogen) atoms. The summed E-state index contributed by atoms with van der Waals surface area (Å²) >= 11 is 0. The van der Waals surface area contributed by atoms with Crippen LogP contribution in [-0.4, -0.2) is 30.3 Å². The third-order valence-electron chi connectivity index (χ3n) is 4.16. The molecule has 5 heteroatoms. The first-order chi connectivity index (χ1) is 10.7. The molecule has 3 rings (SSSR count). The number of hydrogen-bond donors (Lipinski definition) is 0. The van der Waals surface area contributed by atoms with Gasteiger partial charge in [0.1, 0.15) is 0 Å². The van der Waals surface area contributed by atoms with E-state index in [1.165, 1.54) is 5.56 Å². The predicted molar refractivity (Wildman–Crippen MR) is 88.6 cm³/mol. The Balaban J connectivity index is 2.18. The van der Waals surface area contributed by atoms with Crippen LogP contribution < -0.4 is 9.80 Å². The van der Waals surface area contributed by atoms with Gasteiger partial charge in [-0.1, -0.05) is 13.3 Å². The molecule has 5 nitrogen and oxygen atoms in total. The van der Waals surface area contributed by atoms with E-state index in [0.29, 0.717) is 5.56 Å². The summed E-state index contributed by atoms with van der Waals surface area (Å²) in [5.74, 6) is 1.65. The highest BCUT2D eigenvalue weighted by molar-refractivity contribution is 5.98. The highest BCUT2D eigenvalue weighted by Crippen LogP contribution is 2.46. The number of anilines is 4. The Labute approximate surface area is 130 Å². The zero-order valence-electron chi connectivity index (χ0n) is 13.2. The number of carbonyl (C=O) groups is 1. The highest BCUT2D eigenvalue weighted by atomic mass is 16.1. The van der Waals surface area contributed by atoms with Gasteiger partial charge in [0.15, 0.2) is 17.9 Å². The number of aldehydes is 1. The van der Waals surface area contributed by atoms with E-state index >= 15 is 0 Å². The van der Waals surface area contributed by atoms with Crippen molar-refractivity contribution in [3.8, 4) is 0 Å². The standard InChI is InChI=1S/C17H20N4O/c1-4-5-6-12-7-9-18-16-14(12)20(2)15-13(11-22)8-10-19-17(15)21(16)3/h7-11H,4-6H2,1-3H3. The molecular formula is C17H20N4O. The largest absolute Gasteiger partial charge is 0.338 e. The van der Waals surface area contributed by atoms with E-state index in [1.807, 2.05) is 25.2 Å². The van der Waals surface area contributed by atoms with Gasteiger partial charge in [0, 0.05) is 32.1 Å². The molecule has 2 aromatic rings. The van der Waals surface area contributed by atoms with Crippen LogP contribution in [0.1, 0.15) is 35.7 Å². The number of carbonyl (C=O) groups excluding carboxylic acids is 1. The quantitative estimate of drug-likeness (QED) is 0.808. The minimum Gasteiger partial charge on any atom is -0.338 e. The van der Waals surface area contributed by atoms with Gasteiger partial charge in [-0.05, 0) is 30.5 Å². The Bertz CT molecular complexity index is 714. The Morgan fingerprint density at radius 3 is 2.41 bits per heavy atom. The molecule has 0 amide bonds. The number of unbranched alkanes of at least 4 members (excludes halogenated alkanes) is 1. The molecule has 0 unspecified atom stereocenters. The minimum absolute atomic E-state index is 0.648. The van der Waals surface area contributed by atoms with Gasteiger partial charge < -0.3 is 9.80 Å². The maximum Gasteiger partial charge on any atom is 0.158 e. The van der Waals surface area contributed by atoms with Crippen LogP contribution in [-0.2, 0) is 6.42 Å². The maximum atomic E-state index is 11.4. The topological polar surface area (TPSA) is 49.3 Å². The number of aryl methyl sites for hydroxylation is 1. The lowest BCUT2D eigenvalue weighted by Gasteiger charge is -2.36. The van der Waals surface area contributed by atoms with Crippen molar-refractivity contribution in [3.05, 3.63) is 35.7 Å². The van der Waals surface area contributed by atoms with Crippen molar-refractivity contribution in [1.29, 1.82) is 0 Å². The summed E-state index contributed by atoms with van der Waals surface area (Å²) in [7, 11) is 3.93. The van der Waals surface area contributed by atoms with E-state index in [9.17, 15) is 4.79 Å². The lowest BCUT2D eigenvalue weighted by molar-refractivity contribution is 0.112. The lowest BCUT2D eigenvalue weighted by atomic mass is 10.0. The molecule has 0 fully saturated rings. The van der Waals surface area contributed by atoms with Gasteiger partial charge in [-0.2, -0.15) is 0 Å². The van der Waals surface area contributed by atoms with E-state index in [2.05, 4.69) is 27.9 Å². The summed E-state index contributed by atoms with van der Waals surface area (Å²) in [6, 6.07) is 3.82. The van der Waals surface area contributed by atoms with Crippen LogP contribution in [0.15, 0.2) is 24.5 Å². The number of fused-ring (bicyclic) bond motifs is 2. The fraction of sp³-hybridized carbons (Fsp3) is 0.353. The summed E-state index contributed by atoms with van der Waals surface area (Å²) in [5.41, 5.74) is 3.82. The fourth-order valence-corrected chi connectivity index (χ4v) is 3.02. The normalized spacial score (nSPS) is 12.9. The van der Waals surface area contributed by atoms with Crippen molar-refractivity contribution in [2.45, 2.75) is 26.2 Å². The van der Waals surface area contributed by atoms with E-state index in [4.69, 9.17) is 0 Å². The molecule has 1 aliphatic heterocycles. The van der Waals surface area contributed by atoms with Crippen molar-refractivity contribution < 1.29 is 4.79 Å². The number of rotatable bonds is 4. The van der Waals surface area contributed by atoms with Gasteiger partial charge in [0.25, 0.3) is 0 Å². The Morgan fingerprint density at radius 2 is 1.73 bits per heavy atom. The summed E-state index contributed by atoms with van der Waals surface area (Å²) < 4.78 is 0. The Morgan fingerprint density at radius 1 is 1.05 bits per heavy atom. The van der Waals surface area contributed by atoms with E-state index in [1.54, 1.807) is 12.3 Å². The van der Waals surface area contributed by atoms with Crippen molar-refractivity contribution >= 4 is 29.3 Å². The van der Waals surface area contributed by atoms with Crippen LogP contribution in [0.25, 0.3) is 0 Å². The van der Waals surface area contributed by atoms with Gasteiger partial charge in [0.2, 0.25) is 0 Å². The molecule has 0 N–H and O–H groups in total. The van der Waals surface area contributed by atoms with Crippen LogP contribution in [0.5, 0.6) is 0 Å². The molecular weight excluding hydrogens is 276 g/mol. The zero-order chi connectivity index (χ0) is 15.7. The van der Waals surface area contributed by atoms with Crippen molar-refractivity contribution in [1.82, 2.24) is 9.97 Å². The number of hydrogen-bond acceptors (Lipinski definition) is 5. The van der Waals surface area contributed by atoms with Gasteiger partial charge in [-0.25, -0.2) is 9.97 Å². The molecule has 0 radical (unpaired) electrons. The Hall–Kier alpha value is -2.43. The number of pyridine rings is 2. The molecule has 0 saturated heterocycles. The molecule has 2 aromatic heterocycles. The second-order valence-electron chi connectivity index (χ2n) is 5.55. The molecule has 0 aromatic carbocycles. The molecule has 0 atom stereocenters. The monoisotopic (exact) mass is 296 g/mol.